The first kappa shape index (κ1) is 15.6. The molecule has 2 aromatic heterocycles. The highest BCUT2D eigenvalue weighted by molar-refractivity contribution is 7.89. The number of carbonyl (C=O) groups is 1. The maximum absolute atomic E-state index is 12.1. The van der Waals surface area contributed by atoms with Gasteiger partial charge in [0.1, 0.15) is 11.4 Å². The van der Waals surface area contributed by atoms with Gasteiger partial charge >= 0.3 is 5.97 Å². The summed E-state index contributed by atoms with van der Waals surface area (Å²) in [5, 5.41) is 15.0. The molecular formula is C11H14N4O4S2. The number of nitrogens with zero attached hydrogens (tertiary/aromatic N) is 3. The number of hydrogen-bond acceptors (Lipinski definition) is 6. The monoisotopic (exact) mass is 330 g/mol. The Morgan fingerprint density at radius 3 is 2.95 bits per heavy atom. The summed E-state index contributed by atoms with van der Waals surface area (Å²) in [4.78, 5) is 14.6. The second-order valence-corrected chi connectivity index (χ2v) is 7.08. The fourth-order valence-corrected chi connectivity index (χ4v) is 3.37. The van der Waals surface area contributed by atoms with Crippen molar-refractivity contribution in [2.75, 3.05) is 6.54 Å². The van der Waals surface area contributed by atoms with Crippen LogP contribution in [0.4, 0.5) is 0 Å². The average molecular weight is 330 g/mol. The number of carboxylic acid groups (broad SMARTS) is 1. The number of carboxylic acids is 1. The van der Waals surface area contributed by atoms with E-state index < -0.39 is 16.0 Å². The van der Waals surface area contributed by atoms with Crippen LogP contribution in [0.5, 0.6) is 0 Å². The molecule has 114 valence electrons. The lowest BCUT2D eigenvalue weighted by Crippen LogP contribution is -2.27. The van der Waals surface area contributed by atoms with Crippen molar-refractivity contribution in [2.45, 2.75) is 24.3 Å². The summed E-state index contributed by atoms with van der Waals surface area (Å²) in [6, 6.07) is 0. The van der Waals surface area contributed by atoms with Crippen LogP contribution in [0.15, 0.2) is 28.9 Å². The van der Waals surface area contributed by atoms with Gasteiger partial charge < -0.3 is 5.11 Å². The van der Waals surface area contributed by atoms with Crippen molar-refractivity contribution < 1.29 is 18.3 Å². The molecule has 0 aliphatic heterocycles. The van der Waals surface area contributed by atoms with Crippen molar-refractivity contribution in [3.63, 3.8) is 0 Å². The first-order chi connectivity index (χ1) is 9.88. The smallest absolute Gasteiger partial charge is 0.325 e. The van der Waals surface area contributed by atoms with Gasteiger partial charge in [-0.05, 0) is 0 Å². The van der Waals surface area contributed by atoms with Gasteiger partial charge in [0, 0.05) is 30.2 Å². The Morgan fingerprint density at radius 1 is 1.57 bits per heavy atom. The van der Waals surface area contributed by atoms with Crippen molar-refractivity contribution in [2.24, 2.45) is 0 Å². The third-order valence-corrected chi connectivity index (χ3v) is 5.05. The van der Waals surface area contributed by atoms with E-state index in [-0.39, 0.29) is 23.9 Å². The Hall–Kier alpha value is -1.78. The van der Waals surface area contributed by atoms with Crippen molar-refractivity contribution in [1.29, 1.82) is 0 Å². The Bertz CT molecular complexity index is 708. The maximum atomic E-state index is 12.1. The molecule has 0 aliphatic rings. The molecule has 1 unspecified atom stereocenters. The highest BCUT2D eigenvalue weighted by Gasteiger charge is 2.19. The molecule has 2 aromatic rings. The summed E-state index contributed by atoms with van der Waals surface area (Å²) in [5.74, 6) is -1.14. The number of sulfonamides is 1. The van der Waals surface area contributed by atoms with E-state index >= 15 is 0 Å². The minimum atomic E-state index is -3.71. The average Bonchev–Trinajstić information content (AvgIpc) is 3.06. The maximum Gasteiger partial charge on any atom is 0.325 e. The van der Waals surface area contributed by atoms with Gasteiger partial charge in [0.15, 0.2) is 0 Å². The highest BCUT2D eigenvalue weighted by Crippen LogP contribution is 2.17. The summed E-state index contributed by atoms with van der Waals surface area (Å²) in [7, 11) is -3.71. The molecule has 21 heavy (non-hydrogen) atoms. The van der Waals surface area contributed by atoms with Gasteiger partial charge in [0.25, 0.3) is 0 Å². The molecule has 0 saturated carbocycles. The SMILES string of the molecule is CC(CNS(=O)(=O)c1cnn(CC(=O)O)c1)c1nccs1. The lowest BCUT2D eigenvalue weighted by Gasteiger charge is -2.09. The molecule has 2 rings (SSSR count). The molecule has 0 saturated heterocycles. The molecule has 0 spiro atoms. The van der Waals surface area contributed by atoms with Crippen LogP contribution < -0.4 is 4.72 Å². The molecule has 0 radical (unpaired) electrons. The summed E-state index contributed by atoms with van der Waals surface area (Å²) >= 11 is 1.46. The van der Waals surface area contributed by atoms with Crippen LogP contribution in [-0.2, 0) is 21.4 Å². The number of nitrogens with one attached hydrogen (secondary N) is 1. The lowest BCUT2D eigenvalue weighted by atomic mass is 10.2. The fourth-order valence-electron chi connectivity index (χ4n) is 1.59. The zero-order valence-electron chi connectivity index (χ0n) is 11.1. The number of hydrogen-bond donors (Lipinski definition) is 2. The van der Waals surface area contributed by atoms with E-state index in [0.29, 0.717) is 0 Å². The molecule has 0 aromatic carbocycles. The van der Waals surface area contributed by atoms with Gasteiger partial charge in [0.2, 0.25) is 10.0 Å². The summed E-state index contributed by atoms with van der Waals surface area (Å²) in [6.07, 6.45) is 3.98. The van der Waals surface area contributed by atoms with Crippen LogP contribution in [0, 0.1) is 0 Å². The Labute approximate surface area is 125 Å². The molecule has 8 nitrogen and oxygen atoms in total. The van der Waals surface area contributed by atoms with E-state index in [0.717, 1.165) is 15.9 Å². The van der Waals surface area contributed by atoms with E-state index in [1.165, 1.54) is 17.5 Å². The summed E-state index contributed by atoms with van der Waals surface area (Å²) < 4.78 is 27.7. The molecule has 10 heteroatoms. The molecule has 1 atom stereocenters. The van der Waals surface area contributed by atoms with Gasteiger partial charge in [0.05, 0.1) is 11.2 Å². The second kappa shape index (κ2) is 6.33. The number of aliphatic carboxylic acids is 1. The summed E-state index contributed by atoms with van der Waals surface area (Å²) in [5.41, 5.74) is 0. The van der Waals surface area contributed by atoms with Crippen LogP contribution in [0.3, 0.4) is 0 Å². The van der Waals surface area contributed by atoms with E-state index in [2.05, 4.69) is 14.8 Å². The van der Waals surface area contributed by atoms with Crippen LogP contribution in [0.2, 0.25) is 0 Å². The number of thiazole rings is 1. The molecule has 0 amide bonds. The van der Waals surface area contributed by atoms with Crippen molar-refractivity contribution in [3.05, 3.63) is 29.0 Å². The van der Waals surface area contributed by atoms with Crippen molar-refractivity contribution in [3.8, 4) is 0 Å². The predicted molar refractivity (Wildman–Crippen MR) is 75.6 cm³/mol. The quantitative estimate of drug-likeness (QED) is 0.764. The van der Waals surface area contributed by atoms with Crippen LogP contribution >= 0.6 is 11.3 Å². The lowest BCUT2D eigenvalue weighted by molar-refractivity contribution is -0.137. The number of rotatable bonds is 7. The largest absolute Gasteiger partial charge is 0.480 e. The Balaban J connectivity index is 2.01. The third-order valence-electron chi connectivity index (χ3n) is 2.67. The van der Waals surface area contributed by atoms with Gasteiger partial charge in [-0.3, -0.25) is 9.48 Å². The van der Waals surface area contributed by atoms with Gasteiger partial charge in [-0.2, -0.15) is 5.10 Å². The van der Waals surface area contributed by atoms with Gasteiger partial charge in [-0.15, -0.1) is 11.3 Å². The van der Waals surface area contributed by atoms with Crippen LogP contribution in [0.1, 0.15) is 17.8 Å². The predicted octanol–water partition coefficient (Wildman–Crippen LogP) is 0.506. The molecule has 0 aliphatic carbocycles. The Morgan fingerprint density at radius 2 is 2.33 bits per heavy atom. The van der Waals surface area contributed by atoms with Crippen molar-refractivity contribution in [1.82, 2.24) is 19.5 Å². The molecule has 0 fully saturated rings. The van der Waals surface area contributed by atoms with E-state index in [1.807, 2.05) is 12.3 Å². The minimum absolute atomic E-state index is 0.0474. The minimum Gasteiger partial charge on any atom is -0.480 e. The second-order valence-electron chi connectivity index (χ2n) is 4.39. The third kappa shape index (κ3) is 4.09. The highest BCUT2D eigenvalue weighted by atomic mass is 32.2. The normalized spacial score (nSPS) is 13.2. The molecule has 2 N–H and O–H groups in total. The first-order valence-electron chi connectivity index (χ1n) is 6.02. The van der Waals surface area contributed by atoms with Gasteiger partial charge in [-0.25, -0.2) is 18.1 Å². The zero-order chi connectivity index (χ0) is 15.5. The standard InChI is InChI=1S/C11H14N4O4S2/c1-8(11-12-2-3-20-11)4-14-21(18,19)9-5-13-15(6-9)7-10(16)17/h2-3,5-6,8,14H,4,7H2,1H3,(H,16,17). The van der Waals surface area contributed by atoms with Crippen molar-refractivity contribution >= 4 is 27.3 Å². The van der Waals surface area contributed by atoms with E-state index in [9.17, 15) is 13.2 Å². The summed E-state index contributed by atoms with van der Waals surface area (Å²) in [6.45, 7) is 1.69. The molecule has 0 bridgehead atoms. The van der Waals surface area contributed by atoms with E-state index in [1.54, 1.807) is 6.20 Å². The van der Waals surface area contributed by atoms with Crippen LogP contribution in [0.25, 0.3) is 0 Å². The van der Waals surface area contributed by atoms with E-state index in [4.69, 9.17) is 5.11 Å². The number of aromatic nitrogens is 3. The molecule has 2 heterocycles. The zero-order valence-corrected chi connectivity index (χ0v) is 12.8. The fraction of sp³-hybridized carbons (Fsp3) is 0.364. The Kier molecular flexibility index (Phi) is 4.70. The molecular weight excluding hydrogens is 316 g/mol. The topological polar surface area (TPSA) is 114 Å². The van der Waals surface area contributed by atoms with Crippen LogP contribution in [-0.4, -0.2) is 40.8 Å². The van der Waals surface area contributed by atoms with Gasteiger partial charge in [-0.1, -0.05) is 6.92 Å². The first-order valence-corrected chi connectivity index (χ1v) is 8.38.